The third-order valence-electron chi connectivity index (χ3n) is 2.61. The van der Waals surface area contributed by atoms with Crippen LogP contribution in [-0.2, 0) is 5.54 Å². The average Bonchev–Trinajstić information content (AvgIpc) is 2.88. The Labute approximate surface area is 84.5 Å². The largest absolute Gasteiger partial charge is 0.478 e. The van der Waals surface area contributed by atoms with E-state index in [0.29, 0.717) is 18.9 Å². The number of benzene rings is 1. The highest BCUT2D eigenvalue weighted by molar-refractivity contribution is 5.88. The second kappa shape index (κ2) is 3.00. The molecule has 0 spiro atoms. The number of nitrogens with two attached hydrogens (primary N) is 1. The Bertz CT molecular complexity index is 441. The molecule has 0 aromatic heterocycles. The Morgan fingerprint density at radius 1 is 1.33 bits per heavy atom. The number of halogens is 2. The van der Waals surface area contributed by atoms with E-state index in [1.165, 1.54) is 0 Å². The van der Waals surface area contributed by atoms with E-state index < -0.39 is 28.7 Å². The number of aromatic carboxylic acids is 1. The van der Waals surface area contributed by atoms with Gasteiger partial charge in [-0.15, -0.1) is 0 Å². The van der Waals surface area contributed by atoms with Gasteiger partial charge in [0.05, 0.1) is 5.56 Å². The predicted molar refractivity (Wildman–Crippen MR) is 48.4 cm³/mol. The van der Waals surface area contributed by atoms with Gasteiger partial charge in [0.1, 0.15) is 11.6 Å². The van der Waals surface area contributed by atoms with Crippen LogP contribution in [0.15, 0.2) is 12.1 Å². The molecule has 0 radical (unpaired) electrons. The third kappa shape index (κ3) is 1.59. The Kier molecular flexibility index (Phi) is 2.01. The van der Waals surface area contributed by atoms with Crippen LogP contribution in [-0.4, -0.2) is 11.1 Å². The second-order valence-corrected chi connectivity index (χ2v) is 3.77. The van der Waals surface area contributed by atoms with Crippen LogP contribution in [0, 0.1) is 11.6 Å². The minimum atomic E-state index is -1.49. The summed E-state index contributed by atoms with van der Waals surface area (Å²) in [7, 11) is 0. The Morgan fingerprint density at radius 2 is 1.93 bits per heavy atom. The topological polar surface area (TPSA) is 63.3 Å². The first kappa shape index (κ1) is 10.0. The lowest BCUT2D eigenvalue weighted by Gasteiger charge is -2.11. The van der Waals surface area contributed by atoms with Crippen molar-refractivity contribution in [1.29, 1.82) is 0 Å². The first-order chi connectivity index (χ1) is 6.94. The summed E-state index contributed by atoms with van der Waals surface area (Å²) in [6.45, 7) is 0. The summed E-state index contributed by atoms with van der Waals surface area (Å²) in [6, 6.07) is 1.56. The van der Waals surface area contributed by atoms with Crippen molar-refractivity contribution >= 4 is 5.97 Å². The second-order valence-electron chi connectivity index (χ2n) is 3.77. The van der Waals surface area contributed by atoms with E-state index in [1.807, 2.05) is 0 Å². The van der Waals surface area contributed by atoms with Gasteiger partial charge in [-0.1, -0.05) is 0 Å². The molecule has 1 saturated carbocycles. The third-order valence-corrected chi connectivity index (χ3v) is 2.61. The average molecular weight is 213 g/mol. The predicted octanol–water partition coefficient (Wildman–Crippen LogP) is 1.61. The lowest BCUT2D eigenvalue weighted by molar-refractivity contribution is 0.0691. The fourth-order valence-corrected chi connectivity index (χ4v) is 1.50. The zero-order chi connectivity index (χ0) is 11.2. The fraction of sp³-hybridized carbons (Fsp3) is 0.300. The van der Waals surface area contributed by atoms with E-state index in [1.54, 1.807) is 0 Å². The van der Waals surface area contributed by atoms with Crippen molar-refractivity contribution in [3.8, 4) is 0 Å². The molecule has 0 heterocycles. The van der Waals surface area contributed by atoms with Crippen molar-refractivity contribution < 1.29 is 18.7 Å². The van der Waals surface area contributed by atoms with E-state index in [0.717, 1.165) is 6.07 Å². The molecule has 0 atom stereocenters. The van der Waals surface area contributed by atoms with E-state index in [4.69, 9.17) is 10.8 Å². The van der Waals surface area contributed by atoms with Gasteiger partial charge in [-0.3, -0.25) is 0 Å². The Hall–Kier alpha value is -1.49. The van der Waals surface area contributed by atoms with Crippen molar-refractivity contribution in [3.63, 3.8) is 0 Å². The molecule has 1 fully saturated rings. The summed E-state index contributed by atoms with van der Waals surface area (Å²) in [5, 5.41) is 8.56. The molecule has 0 saturated heterocycles. The molecular formula is C10H9F2NO2. The molecule has 15 heavy (non-hydrogen) atoms. The van der Waals surface area contributed by atoms with Gasteiger partial charge in [-0.25, -0.2) is 13.6 Å². The summed E-state index contributed by atoms with van der Waals surface area (Å²) in [5.74, 6) is -3.19. The molecule has 0 amide bonds. The fourth-order valence-electron chi connectivity index (χ4n) is 1.50. The maximum atomic E-state index is 13.4. The molecule has 1 aliphatic carbocycles. The summed E-state index contributed by atoms with van der Waals surface area (Å²) in [6.07, 6.45) is 1.19. The molecule has 5 heteroatoms. The van der Waals surface area contributed by atoms with E-state index in [9.17, 15) is 13.6 Å². The van der Waals surface area contributed by atoms with E-state index in [-0.39, 0.29) is 5.56 Å². The van der Waals surface area contributed by atoms with Gasteiger partial charge in [0.25, 0.3) is 0 Å². The van der Waals surface area contributed by atoms with Crippen LogP contribution in [0.2, 0.25) is 0 Å². The zero-order valence-electron chi connectivity index (χ0n) is 7.76. The van der Waals surface area contributed by atoms with Crippen LogP contribution in [0.3, 0.4) is 0 Å². The van der Waals surface area contributed by atoms with Crippen LogP contribution < -0.4 is 5.73 Å². The van der Waals surface area contributed by atoms with Gasteiger partial charge in [-0.2, -0.15) is 0 Å². The lowest BCUT2D eigenvalue weighted by Crippen LogP contribution is -2.21. The molecule has 1 aliphatic rings. The number of rotatable bonds is 2. The maximum absolute atomic E-state index is 13.4. The van der Waals surface area contributed by atoms with Crippen LogP contribution in [0.4, 0.5) is 8.78 Å². The summed E-state index contributed by atoms with van der Waals surface area (Å²) in [4.78, 5) is 10.5. The van der Waals surface area contributed by atoms with Gasteiger partial charge in [0, 0.05) is 11.1 Å². The maximum Gasteiger partial charge on any atom is 0.338 e. The van der Waals surface area contributed by atoms with Gasteiger partial charge in [-0.05, 0) is 25.0 Å². The molecule has 0 bridgehead atoms. The van der Waals surface area contributed by atoms with Crippen LogP contribution in [0.25, 0.3) is 0 Å². The van der Waals surface area contributed by atoms with Gasteiger partial charge < -0.3 is 10.8 Å². The highest BCUT2D eigenvalue weighted by Gasteiger charge is 2.42. The molecule has 0 aliphatic heterocycles. The molecule has 2 rings (SSSR count). The van der Waals surface area contributed by atoms with Crippen molar-refractivity contribution in [2.24, 2.45) is 5.73 Å². The minimum absolute atomic E-state index is 0.0602. The molecule has 3 nitrogen and oxygen atoms in total. The molecule has 1 aromatic rings. The first-order valence-electron chi connectivity index (χ1n) is 4.46. The van der Waals surface area contributed by atoms with Crippen LogP contribution in [0.5, 0.6) is 0 Å². The summed E-state index contributed by atoms with van der Waals surface area (Å²) < 4.78 is 26.7. The number of carbonyl (C=O) groups is 1. The van der Waals surface area contributed by atoms with Crippen molar-refractivity contribution in [2.45, 2.75) is 18.4 Å². The van der Waals surface area contributed by atoms with Crippen molar-refractivity contribution in [3.05, 3.63) is 34.9 Å². The summed E-state index contributed by atoms with van der Waals surface area (Å²) >= 11 is 0. The molecule has 0 unspecified atom stereocenters. The Morgan fingerprint density at radius 3 is 2.40 bits per heavy atom. The highest BCUT2D eigenvalue weighted by atomic mass is 19.1. The van der Waals surface area contributed by atoms with Crippen LogP contribution >= 0.6 is 0 Å². The number of carboxylic acids is 1. The SMILES string of the molecule is NC1(c2cc(F)c(C(=O)O)cc2F)CC1. The molecule has 80 valence electrons. The molecular weight excluding hydrogens is 204 g/mol. The van der Waals surface area contributed by atoms with Gasteiger partial charge >= 0.3 is 5.97 Å². The number of carboxylic acid groups (broad SMARTS) is 1. The highest BCUT2D eigenvalue weighted by Crippen LogP contribution is 2.44. The lowest BCUT2D eigenvalue weighted by atomic mass is 10.0. The molecule has 1 aromatic carbocycles. The summed E-state index contributed by atoms with van der Waals surface area (Å²) in [5.41, 5.74) is 4.30. The van der Waals surface area contributed by atoms with E-state index in [2.05, 4.69) is 0 Å². The minimum Gasteiger partial charge on any atom is -0.478 e. The van der Waals surface area contributed by atoms with Crippen molar-refractivity contribution in [2.75, 3.05) is 0 Å². The standard InChI is InChI=1S/C10H9F2NO2/c11-7-4-6(10(13)1-2-10)8(12)3-5(7)9(14)15/h3-4H,1-2,13H2,(H,14,15). The quantitative estimate of drug-likeness (QED) is 0.784. The Balaban J connectivity index is 2.53. The number of hydrogen-bond acceptors (Lipinski definition) is 2. The number of hydrogen-bond donors (Lipinski definition) is 2. The van der Waals surface area contributed by atoms with Crippen molar-refractivity contribution in [1.82, 2.24) is 0 Å². The monoisotopic (exact) mass is 213 g/mol. The molecule has 3 N–H and O–H groups in total. The first-order valence-corrected chi connectivity index (χ1v) is 4.46. The van der Waals surface area contributed by atoms with Gasteiger partial charge in [0.15, 0.2) is 0 Å². The van der Waals surface area contributed by atoms with E-state index >= 15 is 0 Å². The smallest absolute Gasteiger partial charge is 0.338 e. The van der Waals surface area contributed by atoms with Gasteiger partial charge in [0.2, 0.25) is 0 Å². The normalized spacial score (nSPS) is 17.5. The van der Waals surface area contributed by atoms with Crippen LogP contribution in [0.1, 0.15) is 28.8 Å². The zero-order valence-corrected chi connectivity index (χ0v) is 7.76.